The van der Waals surface area contributed by atoms with Crippen molar-refractivity contribution in [3.63, 3.8) is 0 Å². The molecule has 0 aromatic rings. The van der Waals surface area contributed by atoms with E-state index >= 15 is 0 Å². The molecule has 3 aliphatic rings. The summed E-state index contributed by atoms with van der Waals surface area (Å²) < 4.78 is 29.3. The Bertz CT molecular complexity index is 1120. The van der Waals surface area contributed by atoms with E-state index in [0.717, 1.165) is 6.29 Å². The zero-order valence-electron chi connectivity index (χ0n) is 29.6. The predicted molar refractivity (Wildman–Crippen MR) is 184 cm³/mol. The van der Waals surface area contributed by atoms with Crippen LogP contribution in [-0.4, -0.2) is 90.5 Å². The molecule has 0 radical (unpaired) electrons. The molecule has 3 saturated heterocycles. The first-order chi connectivity index (χ1) is 21.4. The third kappa shape index (κ3) is 7.76. The number of aliphatic hydroxyl groups is 1. The van der Waals surface area contributed by atoms with Crippen molar-refractivity contribution < 1.29 is 38.4 Å². The van der Waals surface area contributed by atoms with Gasteiger partial charge in [-0.1, -0.05) is 48.5 Å². The first kappa shape index (κ1) is 39.1. The first-order valence-corrected chi connectivity index (χ1v) is 17.8. The molecule has 0 spiro atoms. The Kier molecular flexibility index (Phi) is 13.1. The Morgan fingerprint density at radius 1 is 1.11 bits per heavy atom. The van der Waals surface area contributed by atoms with Crippen LogP contribution in [0.25, 0.3) is 0 Å². The molecule has 15 atom stereocenters. The number of nitrogens with zero attached hydrogens (tertiary/aromatic N) is 2. The minimum atomic E-state index is -1.31. The number of aldehydes is 1. The van der Waals surface area contributed by atoms with E-state index in [2.05, 4.69) is 24.0 Å². The van der Waals surface area contributed by atoms with Crippen LogP contribution in [0.1, 0.15) is 88.0 Å². The molecule has 3 heterocycles. The van der Waals surface area contributed by atoms with Crippen molar-refractivity contribution in [1.29, 1.82) is 0 Å². The molecular formula is C34H58IN3O8. The fraction of sp³-hybridized carbons (Fsp3) is 0.882. The van der Waals surface area contributed by atoms with Gasteiger partial charge in [-0.15, -0.1) is 0 Å². The molecule has 0 aromatic heterocycles. The second kappa shape index (κ2) is 15.5. The van der Waals surface area contributed by atoms with Crippen LogP contribution in [0, 0.1) is 46.8 Å². The number of likely N-dealkylation sites (N-methyl/N-ethyl adjacent to an activating group) is 1. The van der Waals surface area contributed by atoms with Crippen molar-refractivity contribution in [3.8, 4) is 0 Å². The largest absolute Gasteiger partial charge is 0.458 e. The summed E-state index contributed by atoms with van der Waals surface area (Å²) in [6, 6.07) is -0.125. The second-order valence-corrected chi connectivity index (χ2v) is 15.7. The fourth-order valence-electron chi connectivity index (χ4n) is 8.72. The quantitative estimate of drug-likeness (QED) is 0.130. The SMILES string of the molecule is CC[C@H]1OC(=O)[C@H](C)[C@@H](C)[C@H](C)[C@@H](OC2OC(C)CC(N(C)C)C2O)[C@@H](C)C[C@@H](C)C[C@](C)(C=O)[C@H]2C(C(N)=NI)C(=O)O[C@]12C. The van der Waals surface area contributed by atoms with Gasteiger partial charge in [0.15, 0.2) is 11.9 Å². The van der Waals surface area contributed by atoms with Crippen LogP contribution < -0.4 is 5.73 Å². The van der Waals surface area contributed by atoms with E-state index in [4.69, 9.17) is 24.7 Å². The summed E-state index contributed by atoms with van der Waals surface area (Å²) in [4.78, 5) is 42.5. The minimum Gasteiger partial charge on any atom is -0.458 e. The van der Waals surface area contributed by atoms with Crippen molar-refractivity contribution in [3.05, 3.63) is 0 Å². The zero-order valence-corrected chi connectivity index (χ0v) is 31.7. The summed E-state index contributed by atoms with van der Waals surface area (Å²) in [7, 11) is 3.89. The van der Waals surface area contributed by atoms with E-state index < -0.39 is 59.2 Å². The Balaban J connectivity index is 2.10. The highest BCUT2D eigenvalue weighted by Crippen LogP contribution is 2.53. The molecule has 0 amide bonds. The smallest absolute Gasteiger partial charge is 0.317 e. The summed E-state index contributed by atoms with van der Waals surface area (Å²) in [5.41, 5.74) is 3.94. The number of carbonyl (C=O) groups is 3. The van der Waals surface area contributed by atoms with Gasteiger partial charge >= 0.3 is 11.9 Å². The van der Waals surface area contributed by atoms with Gasteiger partial charge in [0.1, 0.15) is 30.2 Å². The summed E-state index contributed by atoms with van der Waals surface area (Å²) in [5.74, 6) is -3.42. The van der Waals surface area contributed by atoms with Crippen molar-refractivity contribution in [2.24, 2.45) is 55.8 Å². The number of fused-ring (bicyclic) bond motifs is 1. The molecule has 0 aromatic carbocycles. The summed E-state index contributed by atoms with van der Waals surface area (Å²) in [6.45, 7) is 17.6. The number of hydrogen-bond acceptors (Lipinski definition) is 10. The van der Waals surface area contributed by atoms with Crippen LogP contribution in [0.15, 0.2) is 3.21 Å². The van der Waals surface area contributed by atoms with Crippen LogP contribution in [0.2, 0.25) is 0 Å². The maximum atomic E-state index is 13.9. The van der Waals surface area contributed by atoms with Crippen LogP contribution >= 0.6 is 22.9 Å². The molecule has 11 nitrogen and oxygen atoms in total. The van der Waals surface area contributed by atoms with Gasteiger partial charge < -0.3 is 39.5 Å². The highest BCUT2D eigenvalue weighted by molar-refractivity contribution is 14.1. The molecule has 0 bridgehead atoms. The van der Waals surface area contributed by atoms with Crippen LogP contribution in [-0.2, 0) is 33.3 Å². The lowest BCUT2D eigenvalue weighted by molar-refractivity contribution is -0.281. The van der Waals surface area contributed by atoms with E-state index in [1.165, 1.54) is 0 Å². The fourth-order valence-corrected chi connectivity index (χ4v) is 9.02. The Morgan fingerprint density at radius 2 is 1.74 bits per heavy atom. The van der Waals surface area contributed by atoms with E-state index in [0.29, 0.717) is 25.7 Å². The topological polar surface area (TPSA) is 150 Å². The predicted octanol–water partition coefficient (Wildman–Crippen LogP) is 4.55. The number of ether oxygens (including phenoxy) is 4. The molecule has 5 unspecified atom stereocenters. The van der Waals surface area contributed by atoms with E-state index in [9.17, 15) is 19.5 Å². The molecule has 12 heteroatoms. The number of nitrogens with two attached hydrogens (primary N) is 1. The van der Waals surface area contributed by atoms with Gasteiger partial charge in [-0.25, -0.2) is 3.21 Å². The van der Waals surface area contributed by atoms with Gasteiger partial charge in [-0.05, 0) is 77.3 Å². The summed E-state index contributed by atoms with van der Waals surface area (Å²) in [6.07, 6.45) is 0.103. The standard InChI is InChI=1S/C34H58IN3O8/c1-12-24-34(9)28(25(29(36)37-35)31(42)46-34)33(8,16-39)15-17(2)13-18(3)27(21(6)20(5)22(7)30(41)44-24)45-32-26(40)23(38(10)11)14-19(4)43-32/h16-28,32,40H,12-15H2,1-11H3,(H2,36,37)/t17-,18+,19?,20+,21+,22-,23?,24-,25?,26?,27+,28-,32?,33-,34-/m1/s1. The number of hydrogen-bond donors (Lipinski definition) is 2. The highest BCUT2D eigenvalue weighted by Gasteiger charge is 2.65. The number of rotatable bonds is 6. The van der Waals surface area contributed by atoms with Crippen LogP contribution in [0.3, 0.4) is 0 Å². The molecule has 46 heavy (non-hydrogen) atoms. The van der Waals surface area contributed by atoms with Crippen molar-refractivity contribution in [2.45, 2.75) is 130 Å². The average molecular weight is 764 g/mol. The summed E-state index contributed by atoms with van der Waals surface area (Å²) >= 11 is 1.76. The summed E-state index contributed by atoms with van der Waals surface area (Å²) in [5, 5.41) is 11.3. The van der Waals surface area contributed by atoms with Crippen LogP contribution in [0.5, 0.6) is 0 Å². The molecule has 0 saturated carbocycles. The lowest BCUT2D eigenvalue weighted by Crippen LogP contribution is -2.56. The molecule has 3 fully saturated rings. The molecule has 3 rings (SSSR count). The number of cyclic esters (lactones) is 1. The Hall–Kier alpha value is -1.35. The number of esters is 2. The van der Waals surface area contributed by atoms with Gasteiger partial charge in [-0.2, -0.15) is 0 Å². The van der Waals surface area contributed by atoms with Gasteiger partial charge in [0.2, 0.25) is 0 Å². The third-order valence-electron chi connectivity index (χ3n) is 11.4. The maximum Gasteiger partial charge on any atom is 0.317 e. The van der Waals surface area contributed by atoms with E-state index in [1.807, 2.05) is 53.6 Å². The monoisotopic (exact) mass is 763 g/mol. The zero-order chi connectivity index (χ0) is 34.9. The van der Waals surface area contributed by atoms with E-state index in [1.54, 1.807) is 29.8 Å². The number of aliphatic hydroxyl groups excluding tert-OH is 1. The number of amidine groups is 1. The van der Waals surface area contributed by atoms with Crippen molar-refractivity contribution >= 4 is 46.9 Å². The Morgan fingerprint density at radius 3 is 2.28 bits per heavy atom. The average Bonchev–Trinajstić information content (AvgIpc) is 3.28. The normalized spacial score (nSPS) is 46.7. The number of halogens is 1. The lowest BCUT2D eigenvalue weighted by atomic mass is 9.60. The molecule has 3 N–H and O–H groups in total. The van der Waals surface area contributed by atoms with Gasteiger partial charge in [0.25, 0.3) is 0 Å². The maximum absolute atomic E-state index is 13.9. The van der Waals surface area contributed by atoms with Gasteiger partial charge in [0.05, 0.1) is 41.0 Å². The molecular weight excluding hydrogens is 705 g/mol. The van der Waals surface area contributed by atoms with Crippen molar-refractivity contribution in [1.82, 2.24) is 4.90 Å². The van der Waals surface area contributed by atoms with Crippen LogP contribution in [0.4, 0.5) is 0 Å². The lowest BCUT2D eigenvalue weighted by Gasteiger charge is -2.46. The Labute approximate surface area is 289 Å². The molecule has 264 valence electrons. The second-order valence-electron chi connectivity index (χ2n) is 15.2. The molecule has 3 aliphatic heterocycles. The van der Waals surface area contributed by atoms with Crippen molar-refractivity contribution in [2.75, 3.05) is 14.1 Å². The number of carbonyl (C=O) groups excluding carboxylic acids is 3. The minimum absolute atomic E-state index is 0.0193. The first-order valence-electron chi connectivity index (χ1n) is 16.9. The van der Waals surface area contributed by atoms with E-state index in [-0.39, 0.29) is 47.8 Å². The third-order valence-corrected chi connectivity index (χ3v) is 11.9. The highest BCUT2D eigenvalue weighted by atomic mass is 127. The van der Waals surface area contributed by atoms with Gasteiger partial charge in [-0.3, -0.25) is 9.59 Å². The molecule has 0 aliphatic carbocycles. The van der Waals surface area contributed by atoms with Gasteiger partial charge in [0, 0.05) is 17.4 Å².